The number of likely N-dealkylation sites (N-methyl/N-ethyl adjacent to an activating group) is 2. The lowest BCUT2D eigenvalue weighted by Gasteiger charge is -2.36. The molecule has 0 aliphatic carbocycles. The van der Waals surface area contributed by atoms with E-state index in [1.165, 1.54) is 0 Å². The zero-order chi connectivity index (χ0) is 13.0. The molecule has 1 fully saturated rings. The van der Waals surface area contributed by atoms with E-state index < -0.39 is 11.9 Å². The molecule has 98 valence electrons. The summed E-state index contributed by atoms with van der Waals surface area (Å²) in [5.74, 6) is -1.42. The predicted octanol–water partition coefficient (Wildman–Crippen LogP) is 0.650. The van der Waals surface area contributed by atoms with Gasteiger partial charge in [0.05, 0.1) is 6.42 Å². The minimum absolute atomic E-state index is 0.0623. The zero-order valence-electron chi connectivity index (χ0n) is 10.8. The number of carbonyl (C=O) groups excluding carboxylic acids is 1. The molecule has 0 saturated carbocycles. The van der Waals surface area contributed by atoms with Crippen molar-refractivity contribution in [3.63, 3.8) is 0 Å². The Balaban J connectivity index is 2.53. The number of carboxylic acid groups (broad SMARTS) is 1. The van der Waals surface area contributed by atoms with Crippen LogP contribution in [0.3, 0.4) is 0 Å². The standard InChI is InChI=1S/C12H22N2O3/c1-9(7-11(15)16)12(17)14(3)10-5-4-6-13(2)8-10/h9-10H,4-8H2,1-3H3,(H,15,16). The molecule has 1 heterocycles. The molecule has 0 aromatic heterocycles. The molecule has 1 aliphatic heterocycles. The first kappa shape index (κ1) is 14.0. The van der Waals surface area contributed by atoms with Crippen LogP contribution in [0.1, 0.15) is 26.2 Å². The number of carboxylic acids is 1. The highest BCUT2D eigenvalue weighted by Gasteiger charge is 2.28. The van der Waals surface area contributed by atoms with E-state index in [0.717, 1.165) is 25.9 Å². The number of nitrogens with zero attached hydrogens (tertiary/aromatic N) is 2. The van der Waals surface area contributed by atoms with Crippen molar-refractivity contribution in [2.75, 3.05) is 27.2 Å². The van der Waals surface area contributed by atoms with E-state index in [4.69, 9.17) is 5.11 Å². The van der Waals surface area contributed by atoms with E-state index in [2.05, 4.69) is 4.90 Å². The van der Waals surface area contributed by atoms with E-state index in [9.17, 15) is 9.59 Å². The summed E-state index contributed by atoms with van der Waals surface area (Å²) in [6.45, 7) is 3.63. The Bertz CT molecular complexity index is 293. The Hall–Kier alpha value is -1.10. The molecule has 1 N–H and O–H groups in total. The number of piperidine rings is 1. The Morgan fingerprint density at radius 1 is 1.53 bits per heavy atom. The maximum atomic E-state index is 12.0. The van der Waals surface area contributed by atoms with Crippen LogP contribution in [0.4, 0.5) is 0 Å². The van der Waals surface area contributed by atoms with Crippen LogP contribution in [-0.4, -0.2) is 60.0 Å². The monoisotopic (exact) mass is 242 g/mol. The van der Waals surface area contributed by atoms with Crippen LogP contribution in [0.5, 0.6) is 0 Å². The van der Waals surface area contributed by atoms with Gasteiger partial charge in [-0.1, -0.05) is 6.92 Å². The Morgan fingerprint density at radius 3 is 2.71 bits per heavy atom. The highest BCUT2D eigenvalue weighted by molar-refractivity contribution is 5.83. The maximum absolute atomic E-state index is 12.0. The first-order valence-electron chi connectivity index (χ1n) is 6.08. The van der Waals surface area contributed by atoms with Gasteiger partial charge in [-0.15, -0.1) is 0 Å². The van der Waals surface area contributed by atoms with Crippen LogP contribution in [0.2, 0.25) is 0 Å². The summed E-state index contributed by atoms with van der Waals surface area (Å²) in [6, 6.07) is 0.220. The second-order valence-corrected chi connectivity index (χ2v) is 5.01. The summed E-state index contributed by atoms with van der Waals surface area (Å²) >= 11 is 0. The molecule has 0 aromatic rings. The summed E-state index contributed by atoms with van der Waals surface area (Å²) in [5.41, 5.74) is 0. The van der Waals surface area contributed by atoms with Gasteiger partial charge in [0.1, 0.15) is 0 Å². The molecule has 1 aliphatic rings. The van der Waals surface area contributed by atoms with Crippen LogP contribution in [0, 0.1) is 5.92 Å². The fourth-order valence-electron chi connectivity index (χ4n) is 2.33. The molecule has 0 bridgehead atoms. The number of hydrogen-bond donors (Lipinski definition) is 1. The quantitative estimate of drug-likeness (QED) is 0.786. The van der Waals surface area contributed by atoms with Gasteiger partial charge < -0.3 is 14.9 Å². The number of rotatable bonds is 4. The van der Waals surface area contributed by atoms with Gasteiger partial charge in [0, 0.05) is 25.6 Å². The maximum Gasteiger partial charge on any atom is 0.304 e. The van der Waals surface area contributed by atoms with E-state index in [0.29, 0.717) is 0 Å². The normalized spacial score (nSPS) is 23.1. The second kappa shape index (κ2) is 6.00. The van der Waals surface area contributed by atoms with Crippen molar-refractivity contribution in [1.29, 1.82) is 0 Å². The lowest BCUT2D eigenvalue weighted by atomic mass is 10.0. The third-order valence-electron chi connectivity index (χ3n) is 3.40. The molecule has 17 heavy (non-hydrogen) atoms. The van der Waals surface area contributed by atoms with E-state index in [1.54, 1.807) is 18.9 Å². The number of hydrogen-bond acceptors (Lipinski definition) is 3. The van der Waals surface area contributed by atoms with Crippen LogP contribution in [-0.2, 0) is 9.59 Å². The number of aliphatic carboxylic acids is 1. The molecular formula is C12H22N2O3. The van der Waals surface area contributed by atoms with Crippen molar-refractivity contribution >= 4 is 11.9 Å². The summed E-state index contributed by atoms with van der Waals surface area (Å²) < 4.78 is 0. The van der Waals surface area contributed by atoms with Gasteiger partial charge in [-0.3, -0.25) is 9.59 Å². The highest BCUT2D eigenvalue weighted by atomic mass is 16.4. The molecule has 5 heteroatoms. The Kier molecular flexibility index (Phi) is 4.93. The van der Waals surface area contributed by atoms with Crippen molar-refractivity contribution in [1.82, 2.24) is 9.80 Å². The number of amides is 1. The van der Waals surface area contributed by atoms with Crippen molar-refractivity contribution in [2.45, 2.75) is 32.2 Å². The molecule has 2 unspecified atom stereocenters. The van der Waals surface area contributed by atoms with E-state index >= 15 is 0 Å². The van der Waals surface area contributed by atoms with Crippen molar-refractivity contribution in [3.8, 4) is 0 Å². The largest absolute Gasteiger partial charge is 0.481 e. The van der Waals surface area contributed by atoms with Gasteiger partial charge in [-0.05, 0) is 26.4 Å². The van der Waals surface area contributed by atoms with Crippen LogP contribution in [0.25, 0.3) is 0 Å². The molecular weight excluding hydrogens is 220 g/mol. The zero-order valence-corrected chi connectivity index (χ0v) is 10.8. The Labute approximate surface area is 102 Å². The smallest absolute Gasteiger partial charge is 0.304 e. The number of carbonyl (C=O) groups is 2. The van der Waals surface area contributed by atoms with Gasteiger partial charge >= 0.3 is 5.97 Å². The van der Waals surface area contributed by atoms with E-state index in [1.807, 2.05) is 7.05 Å². The Morgan fingerprint density at radius 2 is 2.18 bits per heavy atom. The molecule has 0 aromatic carbocycles. The number of likely N-dealkylation sites (tertiary alicyclic amines) is 1. The highest BCUT2D eigenvalue weighted by Crippen LogP contribution is 2.16. The van der Waals surface area contributed by atoms with Gasteiger partial charge in [0.2, 0.25) is 5.91 Å². The van der Waals surface area contributed by atoms with E-state index in [-0.39, 0.29) is 18.4 Å². The fourth-order valence-corrected chi connectivity index (χ4v) is 2.33. The van der Waals surface area contributed by atoms with Crippen LogP contribution < -0.4 is 0 Å². The summed E-state index contributed by atoms with van der Waals surface area (Å²) in [7, 11) is 3.83. The van der Waals surface area contributed by atoms with Gasteiger partial charge in [0.25, 0.3) is 0 Å². The summed E-state index contributed by atoms with van der Waals surface area (Å²) in [6.07, 6.45) is 2.00. The predicted molar refractivity (Wildman–Crippen MR) is 64.7 cm³/mol. The molecule has 0 radical (unpaired) electrons. The molecule has 5 nitrogen and oxygen atoms in total. The van der Waals surface area contributed by atoms with Crippen molar-refractivity contribution < 1.29 is 14.7 Å². The summed E-state index contributed by atoms with van der Waals surface area (Å²) in [5, 5.41) is 8.69. The van der Waals surface area contributed by atoms with Crippen molar-refractivity contribution in [2.24, 2.45) is 5.92 Å². The molecule has 0 spiro atoms. The topological polar surface area (TPSA) is 60.9 Å². The second-order valence-electron chi connectivity index (χ2n) is 5.01. The average molecular weight is 242 g/mol. The van der Waals surface area contributed by atoms with Crippen LogP contribution >= 0.6 is 0 Å². The third kappa shape index (κ3) is 4.00. The summed E-state index contributed by atoms with van der Waals surface area (Å²) in [4.78, 5) is 26.5. The third-order valence-corrected chi connectivity index (χ3v) is 3.40. The molecule has 1 saturated heterocycles. The minimum atomic E-state index is -0.917. The van der Waals surface area contributed by atoms with Gasteiger partial charge in [0.15, 0.2) is 0 Å². The first-order valence-corrected chi connectivity index (χ1v) is 6.08. The molecule has 1 rings (SSSR count). The molecule has 1 amide bonds. The van der Waals surface area contributed by atoms with Gasteiger partial charge in [-0.25, -0.2) is 0 Å². The lowest BCUT2D eigenvalue weighted by Crippen LogP contribution is -2.48. The fraction of sp³-hybridized carbons (Fsp3) is 0.833. The minimum Gasteiger partial charge on any atom is -0.481 e. The van der Waals surface area contributed by atoms with Crippen molar-refractivity contribution in [3.05, 3.63) is 0 Å². The SMILES string of the molecule is CC(CC(=O)O)C(=O)N(C)C1CCCN(C)C1. The average Bonchev–Trinajstić information content (AvgIpc) is 2.26. The first-order chi connectivity index (χ1) is 7.91. The van der Waals surface area contributed by atoms with Gasteiger partial charge in [-0.2, -0.15) is 0 Å². The van der Waals surface area contributed by atoms with Crippen LogP contribution in [0.15, 0.2) is 0 Å². The lowest BCUT2D eigenvalue weighted by molar-refractivity contribution is -0.144. The molecule has 2 atom stereocenters.